The lowest BCUT2D eigenvalue weighted by molar-refractivity contribution is 0.154. The molecule has 1 aliphatic rings. The number of thioether (sulfide) groups is 1. The van der Waals surface area contributed by atoms with Crippen LogP contribution in [0.1, 0.15) is 24.8 Å². The highest BCUT2D eigenvalue weighted by atomic mass is 32.2. The summed E-state index contributed by atoms with van der Waals surface area (Å²) >= 11 is 1.83. The summed E-state index contributed by atoms with van der Waals surface area (Å²) in [4.78, 5) is 0. The predicted octanol–water partition coefficient (Wildman–Crippen LogP) is 2.38. The Kier molecular flexibility index (Phi) is 4.48. The molecule has 0 bridgehead atoms. The molecule has 2 N–H and O–H groups in total. The normalized spacial score (nSPS) is 18.9. The van der Waals surface area contributed by atoms with Gasteiger partial charge in [0, 0.05) is 6.04 Å². The van der Waals surface area contributed by atoms with Crippen LogP contribution in [-0.2, 0) is 5.54 Å². The summed E-state index contributed by atoms with van der Waals surface area (Å²) in [7, 11) is 0. The summed E-state index contributed by atoms with van der Waals surface area (Å²) in [5.41, 5.74) is 0.967. The second-order valence-corrected chi connectivity index (χ2v) is 5.75. The van der Waals surface area contributed by atoms with Crippen molar-refractivity contribution in [3.63, 3.8) is 0 Å². The minimum Gasteiger partial charge on any atom is -0.394 e. The van der Waals surface area contributed by atoms with E-state index < -0.39 is 0 Å². The van der Waals surface area contributed by atoms with Crippen molar-refractivity contribution in [2.24, 2.45) is 0 Å². The first-order chi connectivity index (χ1) is 8.30. The lowest BCUT2D eigenvalue weighted by Crippen LogP contribution is -2.47. The summed E-state index contributed by atoms with van der Waals surface area (Å²) < 4.78 is 0. The van der Waals surface area contributed by atoms with E-state index in [0.717, 1.165) is 12.2 Å². The van der Waals surface area contributed by atoms with Crippen molar-refractivity contribution in [3.8, 4) is 0 Å². The molecule has 1 aliphatic carbocycles. The van der Waals surface area contributed by atoms with Crippen LogP contribution < -0.4 is 5.32 Å². The molecule has 2 nitrogen and oxygen atoms in total. The Morgan fingerprint density at radius 3 is 2.59 bits per heavy atom. The van der Waals surface area contributed by atoms with Gasteiger partial charge in [0.15, 0.2) is 0 Å². The standard InChI is InChI=1S/C14H21NOS/c1-17-10-9-14(11-16,15-13-7-8-13)12-5-3-2-4-6-12/h2-6,13,15-16H,7-11H2,1H3. The zero-order valence-electron chi connectivity index (χ0n) is 10.4. The van der Waals surface area contributed by atoms with Gasteiger partial charge in [-0.1, -0.05) is 30.3 Å². The fourth-order valence-electron chi connectivity index (χ4n) is 2.17. The van der Waals surface area contributed by atoms with Crippen molar-refractivity contribution in [3.05, 3.63) is 35.9 Å². The smallest absolute Gasteiger partial charge is 0.0679 e. The predicted molar refractivity (Wildman–Crippen MR) is 74.4 cm³/mol. The van der Waals surface area contributed by atoms with E-state index >= 15 is 0 Å². The van der Waals surface area contributed by atoms with E-state index in [9.17, 15) is 5.11 Å². The van der Waals surface area contributed by atoms with Gasteiger partial charge in [-0.2, -0.15) is 11.8 Å². The highest BCUT2D eigenvalue weighted by molar-refractivity contribution is 7.98. The summed E-state index contributed by atoms with van der Waals surface area (Å²) in [5.74, 6) is 1.06. The van der Waals surface area contributed by atoms with Gasteiger partial charge in [0.05, 0.1) is 12.1 Å². The summed E-state index contributed by atoms with van der Waals surface area (Å²) in [6.07, 6.45) is 5.58. The number of rotatable bonds is 7. The Hall–Kier alpha value is -0.510. The molecule has 94 valence electrons. The molecular formula is C14H21NOS. The molecule has 17 heavy (non-hydrogen) atoms. The molecule has 1 aromatic carbocycles. The molecule has 1 unspecified atom stereocenters. The third-order valence-corrected chi connectivity index (χ3v) is 4.00. The third kappa shape index (κ3) is 3.24. The molecule has 1 saturated carbocycles. The van der Waals surface area contributed by atoms with Crippen LogP contribution in [0, 0.1) is 0 Å². The van der Waals surface area contributed by atoms with Crippen molar-refractivity contribution in [2.45, 2.75) is 30.8 Å². The first-order valence-corrected chi connectivity index (χ1v) is 7.63. The van der Waals surface area contributed by atoms with Crippen LogP contribution in [0.2, 0.25) is 0 Å². The van der Waals surface area contributed by atoms with Gasteiger partial charge >= 0.3 is 0 Å². The van der Waals surface area contributed by atoms with Gasteiger partial charge in [-0.15, -0.1) is 0 Å². The van der Waals surface area contributed by atoms with Crippen LogP contribution in [0.15, 0.2) is 30.3 Å². The molecule has 0 spiro atoms. The van der Waals surface area contributed by atoms with E-state index in [1.165, 1.54) is 18.4 Å². The monoisotopic (exact) mass is 251 g/mol. The van der Waals surface area contributed by atoms with Gasteiger partial charge in [-0.05, 0) is 36.8 Å². The van der Waals surface area contributed by atoms with Crippen molar-refractivity contribution < 1.29 is 5.11 Å². The van der Waals surface area contributed by atoms with E-state index in [2.05, 4.69) is 23.7 Å². The maximum absolute atomic E-state index is 9.86. The van der Waals surface area contributed by atoms with Crippen LogP contribution in [0.5, 0.6) is 0 Å². The Morgan fingerprint density at radius 2 is 2.06 bits per heavy atom. The molecule has 0 heterocycles. The minimum atomic E-state index is -0.245. The number of hydrogen-bond donors (Lipinski definition) is 2. The van der Waals surface area contributed by atoms with Gasteiger partial charge in [0.2, 0.25) is 0 Å². The second-order valence-electron chi connectivity index (χ2n) is 4.77. The van der Waals surface area contributed by atoms with Crippen LogP contribution in [0.25, 0.3) is 0 Å². The maximum atomic E-state index is 9.86. The van der Waals surface area contributed by atoms with Crippen molar-refractivity contribution in [2.75, 3.05) is 18.6 Å². The van der Waals surface area contributed by atoms with E-state index in [0.29, 0.717) is 6.04 Å². The van der Waals surface area contributed by atoms with Crippen LogP contribution in [-0.4, -0.2) is 29.8 Å². The van der Waals surface area contributed by atoms with Crippen molar-refractivity contribution >= 4 is 11.8 Å². The third-order valence-electron chi connectivity index (χ3n) is 3.39. The highest BCUT2D eigenvalue weighted by Gasteiger charge is 2.36. The number of aliphatic hydroxyl groups excluding tert-OH is 1. The minimum absolute atomic E-state index is 0.175. The number of aliphatic hydroxyl groups is 1. The summed E-state index contributed by atoms with van der Waals surface area (Å²) in [6, 6.07) is 11.0. The Balaban J connectivity index is 2.19. The van der Waals surface area contributed by atoms with E-state index in [1.54, 1.807) is 0 Å². The summed E-state index contributed by atoms with van der Waals surface area (Å²) in [6.45, 7) is 0.175. The lowest BCUT2D eigenvalue weighted by Gasteiger charge is -2.34. The number of benzene rings is 1. The zero-order valence-corrected chi connectivity index (χ0v) is 11.2. The quantitative estimate of drug-likeness (QED) is 0.780. The molecule has 0 saturated heterocycles. The van der Waals surface area contributed by atoms with Gasteiger partial charge in [-0.3, -0.25) is 0 Å². The SMILES string of the molecule is CSCCC(CO)(NC1CC1)c1ccccc1. The molecular weight excluding hydrogens is 230 g/mol. The van der Waals surface area contributed by atoms with Gasteiger partial charge in [-0.25, -0.2) is 0 Å². The fraction of sp³-hybridized carbons (Fsp3) is 0.571. The van der Waals surface area contributed by atoms with Gasteiger partial charge in [0.1, 0.15) is 0 Å². The van der Waals surface area contributed by atoms with Crippen molar-refractivity contribution in [1.82, 2.24) is 5.32 Å². The van der Waals surface area contributed by atoms with Crippen LogP contribution in [0.4, 0.5) is 0 Å². The fourth-order valence-corrected chi connectivity index (χ4v) is 2.72. The van der Waals surface area contributed by atoms with Crippen LogP contribution in [0.3, 0.4) is 0 Å². The summed E-state index contributed by atoms with van der Waals surface area (Å²) in [5, 5.41) is 13.5. The molecule has 1 fully saturated rings. The number of hydrogen-bond acceptors (Lipinski definition) is 3. The topological polar surface area (TPSA) is 32.3 Å². The van der Waals surface area contributed by atoms with E-state index in [1.807, 2.05) is 30.0 Å². The molecule has 1 atom stereocenters. The first kappa shape index (κ1) is 12.9. The molecule has 3 heteroatoms. The first-order valence-electron chi connectivity index (χ1n) is 6.24. The van der Waals surface area contributed by atoms with Crippen LogP contribution >= 0.6 is 11.8 Å². The molecule has 0 radical (unpaired) electrons. The maximum Gasteiger partial charge on any atom is 0.0679 e. The zero-order chi connectivity index (χ0) is 12.1. The van der Waals surface area contributed by atoms with Gasteiger partial charge in [0.25, 0.3) is 0 Å². The average Bonchev–Trinajstić information content (AvgIpc) is 3.19. The lowest BCUT2D eigenvalue weighted by atomic mass is 9.87. The Labute approximate surface area is 108 Å². The Morgan fingerprint density at radius 1 is 1.35 bits per heavy atom. The van der Waals surface area contributed by atoms with E-state index in [4.69, 9.17) is 0 Å². The second kappa shape index (κ2) is 5.89. The molecule has 0 amide bonds. The molecule has 0 aromatic heterocycles. The largest absolute Gasteiger partial charge is 0.394 e. The highest BCUT2D eigenvalue weighted by Crippen LogP contribution is 2.31. The average molecular weight is 251 g/mol. The molecule has 2 rings (SSSR count). The number of nitrogens with one attached hydrogen (secondary N) is 1. The van der Waals surface area contributed by atoms with Gasteiger partial charge < -0.3 is 10.4 Å². The molecule has 1 aromatic rings. The molecule has 0 aliphatic heterocycles. The van der Waals surface area contributed by atoms with Crippen molar-refractivity contribution in [1.29, 1.82) is 0 Å². The van der Waals surface area contributed by atoms with E-state index in [-0.39, 0.29) is 12.1 Å². The Bertz CT molecular complexity index is 339.